The third-order valence-electron chi connectivity index (χ3n) is 1.34. The number of nitrogens with zero attached hydrogens (tertiary/aromatic N) is 1. The van der Waals surface area contributed by atoms with Gasteiger partial charge in [0, 0.05) is 6.54 Å². The predicted molar refractivity (Wildman–Crippen MR) is 54.9 cm³/mol. The average Bonchev–Trinajstić information content (AvgIpc) is 1.88. The minimum atomic E-state index is 0. The second-order valence-electron chi connectivity index (χ2n) is 2.72. The lowest BCUT2D eigenvalue weighted by Gasteiger charge is -2.08. The summed E-state index contributed by atoms with van der Waals surface area (Å²) in [5.74, 6) is 0. The Hall–Kier alpha value is -0.390. The van der Waals surface area contributed by atoms with Crippen molar-refractivity contribution in [3.8, 4) is 0 Å². The van der Waals surface area contributed by atoms with E-state index in [-0.39, 0.29) is 9.90 Å². The molecule has 11 heavy (non-hydrogen) atoms. The molecule has 1 rings (SSSR count). The van der Waals surface area contributed by atoms with E-state index in [2.05, 4.69) is 43.3 Å². The standard InChI is InChI=1S/C9H13N.H3P/c1-10(2)8-9-6-4-3-5-7-9;/h3-7H,8H2,1-2H3;1H3. The van der Waals surface area contributed by atoms with Crippen LogP contribution in [0.3, 0.4) is 0 Å². The summed E-state index contributed by atoms with van der Waals surface area (Å²) in [6.45, 7) is 1.03. The van der Waals surface area contributed by atoms with Gasteiger partial charge in [-0.25, -0.2) is 0 Å². The highest BCUT2D eigenvalue weighted by atomic mass is 31.0. The van der Waals surface area contributed by atoms with Crippen LogP contribution in [0.15, 0.2) is 30.3 Å². The lowest BCUT2D eigenvalue weighted by atomic mass is 10.2. The molecule has 0 aromatic heterocycles. The predicted octanol–water partition coefficient (Wildman–Crippen LogP) is 1.81. The fourth-order valence-corrected chi connectivity index (χ4v) is 0.949. The average molecular weight is 169 g/mol. The SMILES string of the molecule is CN(C)Cc1ccccc1.P. The monoisotopic (exact) mass is 169 g/mol. The quantitative estimate of drug-likeness (QED) is 0.610. The van der Waals surface area contributed by atoms with Gasteiger partial charge in [-0.2, -0.15) is 9.90 Å². The Morgan fingerprint density at radius 3 is 2.09 bits per heavy atom. The maximum absolute atomic E-state index is 2.16. The molecule has 0 aliphatic rings. The molecule has 2 heteroatoms. The fraction of sp³-hybridized carbons (Fsp3) is 0.333. The van der Waals surface area contributed by atoms with Crippen molar-refractivity contribution in [3.63, 3.8) is 0 Å². The van der Waals surface area contributed by atoms with Crippen molar-refractivity contribution in [1.82, 2.24) is 4.90 Å². The molecular formula is C9H16NP. The molecule has 0 spiro atoms. The van der Waals surface area contributed by atoms with E-state index in [1.165, 1.54) is 5.56 Å². The van der Waals surface area contributed by atoms with Crippen molar-refractivity contribution < 1.29 is 0 Å². The maximum Gasteiger partial charge on any atom is 0.0227 e. The van der Waals surface area contributed by atoms with E-state index >= 15 is 0 Å². The third kappa shape index (κ3) is 4.13. The summed E-state index contributed by atoms with van der Waals surface area (Å²) in [4.78, 5) is 2.16. The summed E-state index contributed by atoms with van der Waals surface area (Å²) < 4.78 is 0. The topological polar surface area (TPSA) is 3.24 Å². The molecule has 0 saturated heterocycles. The van der Waals surface area contributed by atoms with Gasteiger partial charge >= 0.3 is 0 Å². The van der Waals surface area contributed by atoms with Crippen molar-refractivity contribution in [2.75, 3.05) is 14.1 Å². The molecule has 0 amide bonds. The van der Waals surface area contributed by atoms with Gasteiger partial charge in [0.05, 0.1) is 0 Å². The van der Waals surface area contributed by atoms with Gasteiger partial charge in [-0.15, -0.1) is 0 Å². The van der Waals surface area contributed by atoms with Gasteiger partial charge in [-0.3, -0.25) is 0 Å². The molecule has 0 saturated carbocycles. The first-order chi connectivity index (χ1) is 4.79. The first kappa shape index (κ1) is 10.6. The van der Waals surface area contributed by atoms with Crippen LogP contribution in [-0.4, -0.2) is 19.0 Å². The van der Waals surface area contributed by atoms with Gasteiger partial charge in [-0.05, 0) is 19.7 Å². The molecule has 0 N–H and O–H groups in total. The van der Waals surface area contributed by atoms with Crippen molar-refractivity contribution >= 4 is 9.90 Å². The summed E-state index contributed by atoms with van der Waals surface area (Å²) >= 11 is 0. The highest BCUT2D eigenvalue weighted by molar-refractivity contribution is 6.92. The molecular weight excluding hydrogens is 153 g/mol. The van der Waals surface area contributed by atoms with Crippen molar-refractivity contribution in [1.29, 1.82) is 0 Å². The van der Waals surface area contributed by atoms with E-state index in [4.69, 9.17) is 0 Å². The summed E-state index contributed by atoms with van der Waals surface area (Å²) in [6, 6.07) is 10.5. The molecule has 1 unspecified atom stereocenters. The lowest BCUT2D eigenvalue weighted by Crippen LogP contribution is -2.10. The summed E-state index contributed by atoms with van der Waals surface area (Å²) in [5.41, 5.74) is 1.37. The molecule has 0 bridgehead atoms. The van der Waals surface area contributed by atoms with E-state index < -0.39 is 0 Å². The Morgan fingerprint density at radius 2 is 1.64 bits per heavy atom. The molecule has 1 nitrogen and oxygen atoms in total. The van der Waals surface area contributed by atoms with Crippen LogP contribution in [0.5, 0.6) is 0 Å². The minimum Gasteiger partial charge on any atom is -0.305 e. The lowest BCUT2D eigenvalue weighted by molar-refractivity contribution is 0.402. The molecule has 1 aromatic carbocycles. The Kier molecular flexibility index (Phi) is 5.10. The van der Waals surface area contributed by atoms with Crippen LogP contribution in [0.25, 0.3) is 0 Å². The minimum absolute atomic E-state index is 0. The largest absolute Gasteiger partial charge is 0.305 e. The van der Waals surface area contributed by atoms with Crippen LogP contribution in [0, 0.1) is 0 Å². The van der Waals surface area contributed by atoms with Crippen LogP contribution >= 0.6 is 9.90 Å². The summed E-state index contributed by atoms with van der Waals surface area (Å²) in [6.07, 6.45) is 0. The highest BCUT2D eigenvalue weighted by Crippen LogP contribution is 1.99. The number of benzene rings is 1. The zero-order valence-electron chi connectivity index (χ0n) is 7.25. The number of hydrogen-bond acceptors (Lipinski definition) is 1. The first-order valence-electron chi connectivity index (χ1n) is 3.47. The molecule has 0 heterocycles. The summed E-state index contributed by atoms with van der Waals surface area (Å²) in [5, 5.41) is 0. The van der Waals surface area contributed by atoms with Gasteiger partial charge in [-0.1, -0.05) is 30.3 Å². The van der Waals surface area contributed by atoms with E-state index in [9.17, 15) is 0 Å². The third-order valence-corrected chi connectivity index (χ3v) is 1.34. The molecule has 1 aromatic rings. The second-order valence-corrected chi connectivity index (χ2v) is 2.72. The molecule has 0 radical (unpaired) electrons. The molecule has 1 atom stereocenters. The number of rotatable bonds is 2. The van der Waals surface area contributed by atoms with Crippen molar-refractivity contribution in [2.45, 2.75) is 6.54 Å². The Balaban J connectivity index is 0.000001000. The highest BCUT2D eigenvalue weighted by Gasteiger charge is 1.90. The van der Waals surface area contributed by atoms with Crippen molar-refractivity contribution in [2.24, 2.45) is 0 Å². The Bertz CT molecular complexity index is 184. The van der Waals surface area contributed by atoms with E-state index in [0.717, 1.165) is 6.54 Å². The van der Waals surface area contributed by atoms with Gasteiger partial charge in [0.15, 0.2) is 0 Å². The molecule has 0 fully saturated rings. The van der Waals surface area contributed by atoms with Gasteiger partial charge in [0.25, 0.3) is 0 Å². The Labute approximate surface area is 72.0 Å². The Morgan fingerprint density at radius 1 is 1.09 bits per heavy atom. The normalized spacial score (nSPS) is 9.36. The molecule has 62 valence electrons. The van der Waals surface area contributed by atoms with Crippen LogP contribution in [0.4, 0.5) is 0 Å². The van der Waals surface area contributed by atoms with Crippen LogP contribution in [0.2, 0.25) is 0 Å². The fourth-order valence-electron chi connectivity index (χ4n) is 0.949. The maximum atomic E-state index is 2.16. The first-order valence-corrected chi connectivity index (χ1v) is 3.47. The van der Waals surface area contributed by atoms with E-state index in [1.807, 2.05) is 6.07 Å². The summed E-state index contributed by atoms with van der Waals surface area (Å²) in [7, 11) is 4.15. The number of hydrogen-bond donors (Lipinski definition) is 0. The molecule has 0 aliphatic carbocycles. The van der Waals surface area contributed by atoms with Gasteiger partial charge in [0.2, 0.25) is 0 Å². The zero-order valence-corrected chi connectivity index (χ0v) is 8.66. The second kappa shape index (κ2) is 5.29. The van der Waals surface area contributed by atoms with Crippen LogP contribution < -0.4 is 0 Å². The van der Waals surface area contributed by atoms with Crippen LogP contribution in [0.1, 0.15) is 5.56 Å². The molecule has 0 aliphatic heterocycles. The van der Waals surface area contributed by atoms with Crippen molar-refractivity contribution in [3.05, 3.63) is 35.9 Å². The van der Waals surface area contributed by atoms with Gasteiger partial charge in [0.1, 0.15) is 0 Å². The van der Waals surface area contributed by atoms with E-state index in [0.29, 0.717) is 0 Å². The van der Waals surface area contributed by atoms with Crippen LogP contribution in [-0.2, 0) is 6.54 Å². The smallest absolute Gasteiger partial charge is 0.0227 e. The van der Waals surface area contributed by atoms with Gasteiger partial charge < -0.3 is 4.90 Å². The zero-order chi connectivity index (χ0) is 7.40. The van der Waals surface area contributed by atoms with E-state index in [1.54, 1.807) is 0 Å².